The van der Waals surface area contributed by atoms with Gasteiger partial charge < -0.3 is 9.84 Å². The summed E-state index contributed by atoms with van der Waals surface area (Å²) in [6, 6.07) is 5.60. The van der Waals surface area contributed by atoms with Gasteiger partial charge in [0.15, 0.2) is 9.84 Å². The molecule has 1 N–H and O–H groups in total. The molecule has 0 radical (unpaired) electrons. The molecule has 2 atom stereocenters. The topological polar surface area (TPSA) is 81.4 Å². The largest absolute Gasteiger partial charge is 0.416 e. The standard InChI is InChI=1S/C19H23F3N2O4S/c1-18(29(26,27)15-5-3-4-13(10-15)19(20,21)22)7-9-28-17(12-18)16-11-14(6-8-25)23-24(16)2/h3-5,10-11,17,25H,6-9,12H2,1-2H3. The highest BCUT2D eigenvalue weighted by atomic mass is 32.2. The molecule has 0 aliphatic carbocycles. The van der Waals surface area contributed by atoms with Gasteiger partial charge in [-0.2, -0.15) is 18.3 Å². The van der Waals surface area contributed by atoms with Gasteiger partial charge in [-0.15, -0.1) is 0 Å². The Hall–Kier alpha value is -1.91. The van der Waals surface area contributed by atoms with Crippen LogP contribution in [0.2, 0.25) is 0 Å². The number of nitrogens with zero attached hydrogens (tertiary/aromatic N) is 2. The molecule has 1 aliphatic rings. The molecule has 0 bridgehead atoms. The van der Waals surface area contributed by atoms with Crippen molar-refractivity contribution >= 4 is 9.84 Å². The minimum absolute atomic E-state index is 0.0659. The molecule has 0 amide bonds. The summed E-state index contributed by atoms with van der Waals surface area (Å²) in [5, 5.41) is 13.4. The zero-order valence-electron chi connectivity index (χ0n) is 16.1. The number of rotatable bonds is 5. The van der Waals surface area contributed by atoms with Crippen molar-refractivity contribution in [2.24, 2.45) is 7.05 Å². The van der Waals surface area contributed by atoms with Crippen molar-refractivity contribution in [1.82, 2.24) is 9.78 Å². The van der Waals surface area contributed by atoms with Gasteiger partial charge in [0, 0.05) is 26.7 Å². The average molecular weight is 432 g/mol. The second-order valence-corrected chi connectivity index (χ2v) is 9.91. The molecule has 0 spiro atoms. The van der Waals surface area contributed by atoms with Crippen molar-refractivity contribution < 1.29 is 31.4 Å². The van der Waals surface area contributed by atoms with Crippen molar-refractivity contribution in [3.05, 3.63) is 47.3 Å². The highest BCUT2D eigenvalue weighted by Gasteiger charge is 2.46. The fraction of sp³-hybridized carbons (Fsp3) is 0.526. The highest BCUT2D eigenvalue weighted by molar-refractivity contribution is 7.92. The van der Waals surface area contributed by atoms with Crippen molar-refractivity contribution in [3.63, 3.8) is 0 Å². The molecule has 2 unspecified atom stereocenters. The summed E-state index contributed by atoms with van der Waals surface area (Å²) in [5.74, 6) is 0. The van der Waals surface area contributed by atoms with Crippen LogP contribution < -0.4 is 0 Å². The molecule has 6 nitrogen and oxygen atoms in total. The second-order valence-electron chi connectivity index (χ2n) is 7.45. The summed E-state index contributed by atoms with van der Waals surface area (Å²) in [5.41, 5.74) is 0.325. The lowest BCUT2D eigenvalue weighted by atomic mass is 9.94. The number of aliphatic hydroxyl groups excluding tert-OH is 1. The first-order valence-corrected chi connectivity index (χ1v) is 10.6. The normalized spacial score (nSPS) is 23.3. The number of alkyl halides is 3. The molecule has 1 fully saturated rings. The number of hydrogen-bond acceptors (Lipinski definition) is 5. The van der Waals surface area contributed by atoms with Crippen LogP contribution in [0, 0.1) is 0 Å². The molecule has 1 saturated heterocycles. The predicted octanol–water partition coefficient (Wildman–Crippen LogP) is 3.06. The molecule has 0 saturated carbocycles. The zero-order valence-corrected chi connectivity index (χ0v) is 16.9. The maximum atomic E-state index is 13.3. The molecular weight excluding hydrogens is 409 g/mol. The van der Waals surface area contributed by atoms with Gasteiger partial charge >= 0.3 is 6.18 Å². The van der Waals surface area contributed by atoms with Crippen molar-refractivity contribution in [2.45, 2.75) is 48.1 Å². The summed E-state index contributed by atoms with van der Waals surface area (Å²) in [4.78, 5) is -0.346. The first-order valence-electron chi connectivity index (χ1n) is 9.15. The van der Waals surface area contributed by atoms with E-state index < -0.39 is 32.4 Å². The first kappa shape index (κ1) is 21.8. The fourth-order valence-electron chi connectivity index (χ4n) is 3.61. The van der Waals surface area contributed by atoms with Crippen molar-refractivity contribution in [1.29, 1.82) is 0 Å². The molecule has 29 heavy (non-hydrogen) atoms. The molecule has 1 aromatic heterocycles. The lowest BCUT2D eigenvalue weighted by Crippen LogP contribution is -2.42. The molecule has 1 aromatic carbocycles. The number of halogens is 3. The molecular formula is C19H23F3N2O4S. The van der Waals surface area contributed by atoms with Crippen LogP contribution in [0.1, 0.15) is 42.8 Å². The average Bonchev–Trinajstić information content (AvgIpc) is 3.02. The Morgan fingerprint density at radius 1 is 1.34 bits per heavy atom. The van der Waals surface area contributed by atoms with E-state index in [1.165, 1.54) is 6.07 Å². The number of aryl methyl sites for hydroxylation is 1. The lowest BCUT2D eigenvalue weighted by molar-refractivity contribution is -0.137. The fourth-order valence-corrected chi connectivity index (χ4v) is 5.44. The summed E-state index contributed by atoms with van der Waals surface area (Å²) in [7, 11) is -2.35. The van der Waals surface area contributed by atoms with Crippen LogP contribution in [-0.4, -0.2) is 41.3 Å². The molecule has 1 aliphatic heterocycles. The quantitative estimate of drug-likeness (QED) is 0.786. The van der Waals surface area contributed by atoms with Gasteiger partial charge in [-0.1, -0.05) is 6.07 Å². The van der Waals surface area contributed by atoms with Gasteiger partial charge in [0.1, 0.15) is 6.10 Å². The molecule has 160 valence electrons. The van der Waals surface area contributed by atoms with Crippen LogP contribution in [0.4, 0.5) is 13.2 Å². The van der Waals surface area contributed by atoms with Crippen LogP contribution in [0.3, 0.4) is 0 Å². The van der Waals surface area contributed by atoms with Gasteiger partial charge in [0.2, 0.25) is 0 Å². The van der Waals surface area contributed by atoms with Crippen LogP contribution in [0.25, 0.3) is 0 Å². The van der Waals surface area contributed by atoms with E-state index in [-0.39, 0.29) is 31.0 Å². The summed E-state index contributed by atoms with van der Waals surface area (Å²) >= 11 is 0. The molecule has 2 heterocycles. The Morgan fingerprint density at radius 2 is 2.07 bits per heavy atom. The van der Waals surface area contributed by atoms with Crippen molar-refractivity contribution in [3.8, 4) is 0 Å². The number of aromatic nitrogens is 2. The van der Waals surface area contributed by atoms with E-state index in [1.54, 1.807) is 24.7 Å². The van der Waals surface area contributed by atoms with Gasteiger partial charge in [-0.25, -0.2) is 8.42 Å². The van der Waals surface area contributed by atoms with E-state index in [1.807, 2.05) is 0 Å². The van der Waals surface area contributed by atoms with E-state index in [9.17, 15) is 21.6 Å². The van der Waals surface area contributed by atoms with E-state index >= 15 is 0 Å². The second kappa shape index (κ2) is 7.73. The molecule has 3 rings (SSSR count). The lowest BCUT2D eigenvalue weighted by Gasteiger charge is -2.37. The number of hydrogen-bond donors (Lipinski definition) is 1. The summed E-state index contributed by atoms with van der Waals surface area (Å²) < 4.78 is 71.8. The minimum Gasteiger partial charge on any atom is -0.396 e. The van der Waals surface area contributed by atoms with E-state index in [0.717, 1.165) is 12.1 Å². The van der Waals surface area contributed by atoms with Gasteiger partial charge in [0.05, 0.1) is 26.6 Å². The number of ether oxygens (including phenoxy) is 1. The Labute approximate surface area is 167 Å². The summed E-state index contributed by atoms with van der Waals surface area (Å²) in [6.07, 6.45) is -4.57. The van der Waals surface area contributed by atoms with Gasteiger partial charge in [0.25, 0.3) is 0 Å². The monoisotopic (exact) mass is 432 g/mol. The number of benzene rings is 1. The van der Waals surface area contributed by atoms with E-state index in [2.05, 4.69) is 5.10 Å². The van der Waals surface area contributed by atoms with E-state index in [0.29, 0.717) is 23.9 Å². The van der Waals surface area contributed by atoms with Gasteiger partial charge in [-0.05, 0) is 44.0 Å². The smallest absolute Gasteiger partial charge is 0.396 e. The third kappa shape index (κ3) is 4.19. The number of aliphatic hydroxyl groups is 1. The number of sulfone groups is 1. The van der Waals surface area contributed by atoms with Crippen molar-refractivity contribution in [2.75, 3.05) is 13.2 Å². The third-order valence-corrected chi connectivity index (χ3v) is 7.89. The predicted molar refractivity (Wildman–Crippen MR) is 99.0 cm³/mol. The van der Waals surface area contributed by atoms with Gasteiger partial charge in [-0.3, -0.25) is 4.68 Å². The SMILES string of the molecule is Cn1nc(CCO)cc1C1CC(C)(S(=O)(=O)c2cccc(C(F)(F)F)c2)CCO1. The maximum Gasteiger partial charge on any atom is 0.416 e. The molecule has 10 heteroatoms. The Morgan fingerprint density at radius 3 is 2.72 bits per heavy atom. The van der Waals surface area contributed by atoms with Crippen LogP contribution in [0.15, 0.2) is 35.2 Å². The summed E-state index contributed by atoms with van der Waals surface area (Å²) in [6.45, 7) is 1.63. The van der Waals surface area contributed by atoms with E-state index in [4.69, 9.17) is 9.84 Å². The Kier molecular flexibility index (Phi) is 5.81. The van der Waals surface area contributed by atoms with Crippen LogP contribution in [-0.2, 0) is 34.2 Å². The highest BCUT2D eigenvalue weighted by Crippen LogP contribution is 2.42. The van der Waals surface area contributed by atoms with Crippen LogP contribution >= 0.6 is 0 Å². The molecule has 2 aromatic rings. The third-order valence-electron chi connectivity index (χ3n) is 5.35. The maximum absolute atomic E-state index is 13.3. The minimum atomic E-state index is -4.62. The van der Waals surface area contributed by atoms with Crippen LogP contribution in [0.5, 0.6) is 0 Å². The first-order chi connectivity index (χ1) is 13.5. The zero-order chi connectivity index (χ0) is 21.4. The Bertz CT molecular complexity index is 988. The Balaban J connectivity index is 1.93.